The lowest BCUT2D eigenvalue weighted by Crippen LogP contribution is -2.39. The Labute approximate surface area is 151 Å². The van der Waals surface area contributed by atoms with Gasteiger partial charge in [-0.3, -0.25) is 10.9 Å². The lowest BCUT2D eigenvalue weighted by atomic mass is 10.3. The highest BCUT2D eigenvalue weighted by Crippen LogP contribution is 2.18. The molecule has 1 aliphatic heterocycles. The van der Waals surface area contributed by atoms with Crippen LogP contribution in [-0.2, 0) is 4.74 Å². The maximum absolute atomic E-state index is 5.39. The smallest absolute Gasteiger partial charge is 0.248 e. The lowest BCUT2D eigenvalue weighted by molar-refractivity contribution is 0.122. The quantitative estimate of drug-likeness (QED) is 0.454. The van der Waals surface area contributed by atoms with Crippen molar-refractivity contribution in [1.82, 2.24) is 25.7 Å². The Bertz CT molecular complexity index is 708. The van der Waals surface area contributed by atoms with Gasteiger partial charge in [0.05, 0.1) is 13.2 Å². The number of nitrogens with one attached hydrogen (secondary N) is 4. The van der Waals surface area contributed by atoms with E-state index in [4.69, 9.17) is 17.0 Å². The number of thiocarbonyl (C=S) groups is 1. The maximum atomic E-state index is 5.39. The first kappa shape index (κ1) is 17.1. The van der Waals surface area contributed by atoms with Crippen molar-refractivity contribution in [3.05, 3.63) is 30.3 Å². The second kappa shape index (κ2) is 8.40. The van der Waals surface area contributed by atoms with Gasteiger partial charge in [0.2, 0.25) is 17.8 Å². The number of anilines is 4. The van der Waals surface area contributed by atoms with Crippen LogP contribution in [0.3, 0.4) is 0 Å². The van der Waals surface area contributed by atoms with E-state index in [-0.39, 0.29) is 0 Å². The molecule has 10 heteroatoms. The number of rotatable bonds is 5. The number of aromatic nitrogens is 3. The number of benzene rings is 1. The highest BCUT2D eigenvalue weighted by molar-refractivity contribution is 7.80. The summed E-state index contributed by atoms with van der Waals surface area (Å²) < 4.78 is 5.39. The molecule has 0 bridgehead atoms. The molecule has 1 aromatic heterocycles. The first-order valence-corrected chi connectivity index (χ1v) is 8.30. The van der Waals surface area contributed by atoms with Gasteiger partial charge >= 0.3 is 0 Å². The van der Waals surface area contributed by atoms with E-state index in [9.17, 15) is 0 Å². The lowest BCUT2D eigenvalue weighted by Gasteiger charge is -2.27. The van der Waals surface area contributed by atoms with Crippen molar-refractivity contribution >= 4 is 40.9 Å². The SMILES string of the molecule is CNC(=S)NNc1nc(Nc2ccccc2)nc(N2CCOCC2)n1. The van der Waals surface area contributed by atoms with Crippen LogP contribution in [0.4, 0.5) is 23.5 Å². The molecular weight excluding hydrogens is 340 g/mol. The number of para-hydroxylation sites is 1. The van der Waals surface area contributed by atoms with Crippen LogP contribution >= 0.6 is 12.2 Å². The van der Waals surface area contributed by atoms with Crippen LogP contribution in [-0.4, -0.2) is 53.4 Å². The van der Waals surface area contributed by atoms with E-state index in [1.807, 2.05) is 30.3 Å². The minimum atomic E-state index is 0.368. The van der Waals surface area contributed by atoms with Gasteiger partial charge in [-0.25, -0.2) is 0 Å². The highest BCUT2D eigenvalue weighted by Gasteiger charge is 2.16. The maximum Gasteiger partial charge on any atom is 0.248 e. The minimum absolute atomic E-state index is 0.368. The summed E-state index contributed by atoms with van der Waals surface area (Å²) >= 11 is 5.05. The van der Waals surface area contributed by atoms with Crippen molar-refractivity contribution in [2.45, 2.75) is 0 Å². The summed E-state index contributed by atoms with van der Waals surface area (Å²) in [5.41, 5.74) is 6.60. The zero-order chi connectivity index (χ0) is 17.5. The van der Waals surface area contributed by atoms with E-state index in [1.54, 1.807) is 7.05 Å². The number of ether oxygens (including phenoxy) is 1. The van der Waals surface area contributed by atoms with Crippen molar-refractivity contribution in [3.8, 4) is 0 Å². The fourth-order valence-corrected chi connectivity index (χ4v) is 2.26. The third-order valence-corrected chi connectivity index (χ3v) is 3.77. The molecule has 1 aromatic carbocycles. The highest BCUT2D eigenvalue weighted by atomic mass is 32.1. The Kier molecular flexibility index (Phi) is 5.75. The minimum Gasteiger partial charge on any atom is -0.378 e. The van der Waals surface area contributed by atoms with Crippen LogP contribution in [0.1, 0.15) is 0 Å². The molecule has 9 nitrogen and oxygen atoms in total. The predicted molar refractivity (Wildman–Crippen MR) is 101 cm³/mol. The van der Waals surface area contributed by atoms with E-state index in [0.717, 1.165) is 18.8 Å². The molecule has 4 N–H and O–H groups in total. The van der Waals surface area contributed by atoms with E-state index < -0.39 is 0 Å². The Balaban J connectivity index is 1.83. The fourth-order valence-electron chi connectivity index (χ4n) is 2.21. The summed E-state index contributed by atoms with van der Waals surface area (Å²) in [5.74, 6) is 1.39. The molecule has 2 heterocycles. The molecule has 1 aliphatic rings. The Morgan fingerprint density at radius 2 is 1.80 bits per heavy atom. The average molecular weight is 360 g/mol. The average Bonchev–Trinajstić information content (AvgIpc) is 2.67. The zero-order valence-corrected chi connectivity index (χ0v) is 14.6. The molecule has 0 aliphatic carbocycles. The topological polar surface area (TPSA) is 99.3 Å². The Hall–Kier alpha value is -2.72. The molecule has 1 fully saturated rings. The summed E-state index contributed by atoms with van der Waals surface area (Å²) in [5, 5.41) is 6.44. The van der Waals surface area contributed by atoms with Crippen molar-refractivity contribution in [2.24, 2.45) is 0 Å². The van der Waals surface area contributed by atoms with E-state index in [1.165, 1.54) is 0 Å². The van der Waals surface area contributed by atoms with Crippen molar-refractivity contribution in [3.63, 3.8) is 0 Å². The Morgan fingerprint density at radius 1 is 1.08 bits per heavy atom. The van der Waals surface area contributed by atoms with E-state index in [2.05, 4.69) is 41.3 Å². The third kappa shape index (κ3) is 4.88. The fraction of sp³-hybridized carbons (Fsp3) is 0.333. The summed E-state index contributed by atoms with van der Waals surface area (Å²) in [6, 6.07) is 9.73. The first-order valence-electron chi connectivity index (χ1n) is 7.89. The molecular formula is C15H20N8OS. The van der Waals surface area contributed by atoms with Gasteiger partial charge in [-0.15, -0.1) is 0 Å². The summed E-state index contributed by atoms with van der Waals surface area (Å²) in [6.45, 7) is 2.77. The zero-order valence-electron chi connectivity index (χ0n) is 13.8. The third-order valence-electron chi connectivity index (χ3n) is 3.46. The van der Waals surface area contributed by atoms with Crippen molar-refractivity contribution < 1.29 is 4.74 Å². The van der Waals surface area contributed by atoms with Crippen molar-refractivity contribution in [1.29, 1.82) is 0 Å². The van der Waals surface area contributed by atoms with Crippen LogP contribution in [0, 0.1) is 0 Å². The van der Waals surface area contributed by atoms with Gasteiger partial charge in [0.25, 0.3) is 0 Å². The molecule has 3 rings (SSSR count). The van der Waals surface area contributed by atoms with Gasteiger partial charge < -0.3 is 20.3 Å². The van der Waals surface area contributed by atoms with E-state index >= 15 is 0 Å². The number of hydrogen-bond acceptors (Lipinski definition) is 8. The second-order valence-electron chi connectivity index (χ2n) is 5.20. The number of hydrazine groups is 1. The molecule has 0 radical (unpaired) electrons. The van der Waals surface area contributed by atoms with Gasteiger partial charge in [-0.2, -0.15) is 15.0 Å². The first-order chi connectivity index (χ1) is 12.2. The molecule has 132 valence electrons. The Morgan fingerprint density at radius 3 is 2.52 bits per heavy atom. The number of hydrogen-bond donors (Lipinski definition) is 4. The van der Waals surface area contributed by atoms with Gasteiger partial charge in [-0.1, -0.05) is 18.2 Å². The monoisotopic (exact) mass is 360 g/mol. The molecule has 1 saturated heterocycles. The molecule has 0 amide bonds. The molecule has 2 aromatic rings. The molecule has 0 spiro atoms. The second-order valence-corrected chi connectivity index (χ2v) is 5.61. The summed E-state index contributed by atoms with van der Waals surface area (Å²) in [4.78, 5) is 15.4. The van der Waals surface area contributed by atoms with Crippen LogP contribution in [0.2, 0.25) is 0 Å². The molecule has 25 heavy (non-hydrogen) atoms. The van der Waals surface area contributed by atoms with Crippen LogP contribution in [0.5, 0.6) is 0 Å². The van der Waals surface area contributed by atoms with Crippen LogP contribution < -0.4 is 26.4 Å². The largest absolute Gasteiger partial charge is 0.378 e. The number of nitrogens with zero attached hydrogens (tertiary/aromatic N) is 4. The van der Waals surface area contributed by atoms with Gasteiger partial charge in [0, 0.05) is 25.8 Å². The number of morpholine rings is 1. The standard InChI is InChI=1S/C15H20N8OS/c1-16-15(25)22-21-13-18-12(17-11-5-3-2-4-6-11)19-14(20-13)23-7-9-24-10-8-23/h2-6H,7-10H2,1H3,(H2,16,22,25)(H2,17,18,19,20,21). The van der Waals surface area contributed by atoms with Gasteiger partial charge in [0.1, 0.15) is 0 Å². The molecule has 0 atom stereocenters. The van der Waals surface area contributed by atoms with Crippen LogP contribution in [0.15, 0.2) is 30.3 Å². The van der Waals surface area contributed by atoms with Crippen LogP contribution in [0.25, 0.3) is 0 Å². The van der Waals surface area contributed by atoms with E-state index in [0.29, 0.717) is 36.2 Å². The van der Waals surface area contributed by atoms with Gasteiger partial charge in [0.15, 0.2) is 5.11 Å². The predicted octanol–water partition coefficient (Wildman–Crippen LogP) is 0.873. The molecule has 0 unspecified atom stereocenters. The normalized spacial score (nSPS) is 13.9. The summed E-state index contributed by atoms with van der Waals surface area (Å²) in [7, 11) is 1.73. The summed E-state index contributed by atoms with van der Waals surface area (Å²) in [6.07, 6.45) is 0. The van der Waals surface area contributed by atoms with Crippen molar-refractivity contribution in [2.75, 3.05) is 49.0 Å². The van der Waals surface area contributed by atoms with Gasteiger partial charge in [-0.05, 0) is 24.4 Å². The molecule has 0 saturated carbocycles.